The van der Waals surface area contributed by atoms with Crippen LogP contribution in [0.2, 0.25) is 0 Å². The van der Waals surface area contributed by atoms with Crippen LogP contribution in [-0.2, 0) is 0 Å². The van der Waals surface area contributed by atoms with Gasteiger partial charge in [0.25, 0.3) is 0 Å². The van der Waals surface area contributed by atoms with Crippen molar-refractivity contribution in [2.24, 2.45) is 5.84 Å². The molecule has 0 bridgehead atoms. The third-order valence-corrected chi connectivity index (χ3v) is 4.00. The second kappa shape index (κ2) is 6.45. The van der Waals surface area contributed by atoms with Crippen LogP contribution in [0.5, 0.6) is 6.01 Å². The summed E-state index contributed by atoms with van der Waals surface area (Å²) in [5.41, 5.74) is 2.47. The van der Waals surface area contributed by atoms with Crippen molar-refractivity contribution in [2.75, 3.05) is 23.4 Å². The van der Waals surface area contributed by atoms with Crippen molar-refractivity contribution in [1.29, 1.82) is 0 Å². The van der Waals surface area contributed by atoms with E-state index in [1.807, 2.05) is 25.6 Å². The highest BCUT2D eigenvalue weighted by Gasteiger charge is 2.25. The van der Waals surface area contributed by atoms with Crippen molar-refractivity contribution in [3.05, 3.63) is 0 Å². The summed E-state index contributed by atoms with van der Waals surface area (Å²) in [5.74, 6) is 6.36. The Morgan fingerprint density at radius 1 is 1.25 bits per heavy atom. The Hall–Kier alpha value is -1.28. The molecule has 0 aliphatic carbocycles. The second-order valence-corrected chi connectivity index (χ2v) is 7.10. The Labute approximate surface area is 123 Å². The largest absolute Gasteiger partial charge is 0.461 e. The number of hydrogen-bond donors (Lipinski definition) is 2. The van der Waals surface area contributed by atoms with Crippen molar-refractivity contribution in [2.45, 2.75) is 44.3 Å². The summed E-state index contributed by atoms with van der Waals surface area (Å²) in [5, 5.41) is 1.08. The van der Waals surface area contributed by atoms with Crippen LogP contribution in [0.15, 0.2) is 0 Å². The standard InChI is InChI=1S/C12H22N6OS/c1-7(2)19-12-15-10(17-13)14-11(16-12)18-5-8(3)20-9(4)6-18/h7-9H,5-6,13H2,1-4H3,(H,14,15,16,17). The molecule has 0 amide bonds. The Bertz CT molecular complexity index is 448. The van der Waals surface area contributed by atoms with Crippen LogP contribution in [-0.4, -0.2) is 44.6 Å². The lowest BCUT2D eigenvalue weighted by Gasteiger charge is -2.34. The fourth-order valence-electron chi connectivity index (χ4n) is 2.16. The van der Waals surface area contributed by atoms with Gasteiger partial charge >= 0.3 is 6.01 Å². The van der Waals surface area contributed by atoms with E-state index in [2.05, 4.69) is 39.1 Å². The molecule has 7 nitrogen and oxygen atoms in total. The molecule has 8 heteroatoms. The third kappa shape index (κ3) is 3.86. The highest BCUT2D eigenvalue weighted by atomic mass is 32.2. The fraction of sp³-hybridized carbons (Fsp3) is 0.750. The van der Waals surface area contributed by atoms with Gasteiger partial charge in [-0.1, -0.05) is 13.8 Å². The van der Waals surface area contributed by atoms with E-state index < -0.39 is 0 Å². The van der Waals surface area contributed by atoms with E-state index >= 15 is 0 Å². The second-order valence-electron chi connectivity index (χ2n) is 5.21. The average Bonchev–Trinajstić information content (AvgIpc) is 2.36. The fourth-order valence-corrected chi connectivity index (χ4v) is 3.48. The molecule has 0 spiro atoms. The molecule has 1 fully saturated rings. The lowest BCUT2D eigenvalue weighted by atomic mass is 10.3. The van der Waals surface area contributed by atoms with Gasteiger partial charge in [-0.25, -0.2) is 5.84 Å². The van der Waals surface area contributed by atoms with E-state index in [1.165, 1.54) is 0 Å². The minimum Gasteiger partial charge on any atom is -0.461 e. The maximum Gasteiger partial charge on any atom is 0.323 e. The van der Waals surface area contributed by atoms with Gasteiger partial charge in [0.2, 0.25) is 11.9 Å². The third-order valence-electron chi connectivity index (χ3n) is 2.78. The van der Waals surface area contributed by atoms with Gasteiger partial charge in [0.05, 0.1) is 6.10 Å². The summed E-state index contributed by atoms with van der Waals surface area (Å²) in [4.78, 5) is 15.0. The molecule has 3 N–H and O–H groups in total. The molecule has 0 radical (unpaired) electrons. The van der Waals surface area contributed by atoms with E-state index in [-0.39, 0.29) is 6.10 Å². The minimum absolute atomic E-state index is 0.00522. The van der Waals surface area contributed by atoms with Crippen LogP contribution in [0.4, 0.5) is 11.9 Å². The Morgan fingerprint density at radius 3 is 2.45 bits per heavy atom. The smallest absolute Gasteiger partial charge is 0.323 e. The highest BCUT2D eigenvalue weighted by Crippen LogP contribution is 2.27. The van der Waals surface area contributed by atoms with Crippen LogP contribution in [0.25, 0.3) is 0 Å². The normalized spacial score (nSPS) is 23.0. The van der Waals surface area contributed by atoms with Gasteiger partial charge in [-0.3, -0.25) is 5.43 Å². The lowest BCUT2D eigenvalue weighted by Crippen LogP contribution is -2.41. The average molecular weight is 298 g/mol. The lowest BCUT2D eigenvalue weighted by molar-refractivity contribution is 0.222. The van der Waals surface area contributed by atoms with Crippen molar-refractivity contribution in [1.82, 2.24) is 15.0 Å². The molecule has 20 heavy (non-hydrogen) atoms. The molecule has 1 aliphatic heterocycles. The minimum atomic E-state index is 0.00522. The summed E-state index contributed by atoms with van der Waals surface area (Å²) in [6, 6.07) is 0.302. The van der Waals surface area contributed by atoms with E-state index in [0.29, 0.717) is 28.4 Å². The highest BCUT2D eigenvalue weighted by molar-refractivity contribution is 8.00. The molecular formula is C12H22N6OS. The summed E-state index contributed by atoms with van der Waals surface area (Å²) in [6.45, 7) is 10.1. The van der Waals surface area contributed by atoms with Crippen molar-refractivity contribution in [3.8, 4) is 6.01 Å². The molecule has 2 unspecified atom stereocenters. The summed E-state index contributed by atoms with van der Waals surface area (Å²) in [6.07, 6.45) is 0.00522. The van der Waals surface area contributed by atoms with E-state index in [0.717, 1.165) is 13.1 Å². The summed E-state index contributed by atoms with van der Waals surface area (Å²) >= 11 is 1.98. The first-order valence-corrected chi connectivity index (χ1v) is 7.72. The van der Waals surface area contributed by atoms with Gasteiger partial charge in [0, 0.05) is 23.6 Å². The Morgan fingerprint density at radius 2 is 1.90 bits per heavy atom. The SMILES string of the molecule is CC(C)Oc1nc(NN)nc(N2CC(C)SC(C)C2)n1. The first-order valence-electron chi connectivity index (χ1n) is 6.77. The number of ether oxygens (including phenoxy) is 1. The number of nitrogens with zero attached hydrogens (tertiary/aromatic N) is 4. The van der Waals surface area contributed by atoms with Crippen molar-refractivity contribution >= 4 is 23.7 Å². The first kappa shape index (κ1) is 15.1. The predicted octanol–water partition coefficient (Wildman–Crippen LogP) is 1.27. The van der Waals surface area contributed by atoms with Gasteiger partial charge in [-0.05, 0) is 13.8 Å². The van der Waals surface area contributed by atoms with Crippen LogP contribution in [0.3, 0.4) is 0 Å². The Balaban J connectivity index is 2.25. The van der Waals surface area contributed by atoms with Gasteiger partial charge in [-0.15, -0.1) is 0 Å². The number of nitrogens with two attached hydrogens (primary N) is 1. The number of nitrogen functional groups attached to an aromatic ring is 1. The van der Waals surface area contributed by atoms with E-state index in [4.69, 9.17) is 10.6 Å². The van der Waals surface area contributed by atoms with Gasteiger partial charge in [-0.2, -0.15) is 26.7 Å². The molecule has 1 aliphatic rings. The van der Waals surface area contributed by atoms with Gasteiger partial charge in [0.15, 0.2) is 0 Å². The van der Waals surface area contributed by atoms with Crippen LogP contribution >= 0.6 is 11.8 Å². The number of hydrogen-bond acceptors (Lipinski definition) is 8. The summed E-state index contributed by atoms with van der Waals surface area (Å²) < 4.78 is 5.55. The number of aromatic nitrogens is 3. The first-order chi connectivity index (χ1) is 9.47. The molecule has 1 saturated heterocycles. The zero-order valence-corrected chi connectivity index (χ0v) is 13.1. The molecule has 2 heterocycles. The molecule has 0 saturated carbocycles. The number of rotatable bonds is 4. The van der Waals surface area contributed by atoms with Gasteiger partial charge in [0.1, 0.15) is 0 Å². The number of anilines is 2. The quantitative estimate of drug-likeness (QED) is 0.634. The number of thioether (sulfide) groups is 1. The topological polar surface area (TPSA) is 89.2 Å². The molecule has 0 aromatic carbocycles. The molecule has 2 atom stereocenters. The van der Waals surface area contributed by atoms with Crippen molar-refractivity contribution in [3.63, 3.8) is 0 Å². The molecular weight excluding hydrogens is 276 g/mol. The maximum atomic E-state index is 5.55. The molecule has 112 valence electrons. The summed E-state index contributed by atoms with van der Waals surface area (Å²) in [7, 11) is 0. The Kier molecular flexibility index (Phi) is 4.87. The zero-order valence-electron chi connectivity index (χ0n) is 12.3. The molecule has 2 rings (SSSR count). The van der Waals surface area contributed by atoms with E-state index in [9.17, 15) is 0 Å². The molecule has 1 aromatic rings. The monoisotopic (exact) mass is 298 g/mol. The maximum absolute atomic E-state index is 5.55. The van der Waals surface area contributed by atoms with Crippen LogP contribution < -0.4 is 20.9 Å². The van der Waals surface area contributed by atoms with Crippen LogP contribution in [0.1, 0.15) is 27.7 Å². The van der Waals surface area contributed by atoms with Gasteiger partial charge < -0.3 is 9.64 Å². The predicted molar refractivity (Wildman–Crippen MR) is 82.1 cm³/mol. The zero-order chi connectivity index (χ0) is 14.7. The number of hydrazine groups is 1. The van der Waals surface area contributed by atoms with E-state index in [1.54, 1.807) is 0 Å². The number of nitrogens with one attached hydrogen (secondary N) is 1. The van der Waals surface area contributed by atoms with Crippen LogP contribution in [0, 0.1) is 0 Å². The van der Waals surface area contributed by atoms with Crippen molar-refractivity contribution < 1.29 is 4.74 Å². The molecule has 1 aromatic heterocycles.